The molecule has 10 heteroatoms. The lowest BCUT2D eigenvalue weighted by atomic mass is 10.0. The smallest absolute Gasteiger partial charge is 0.410 e. The molecule has 4 rings (SSSR count). The number of ether oxygens (including phenoxy) is 1. The Morgan fingerprint density at radius 3 is 2.55 bits per heavy atom. The van der Waals surface area contributed by atoms with Crippen LogP contribution in [0.25, 0.3) is 0 Å². The second kappa shape index (κ2) is 9.56. The largest absolute Gasteiger partial charge is 0.444 e. The van der Waals surface area contributed by atoms with Gasteiger partial charge in [0.15, 0.2) is 0 Å². The van der Waals surface area contributed by atoms with Crippen LogP contribution in [0.2, 0.25) is 0 Å². The highest BCUT2D eigenvalue weighted by Crippen LogP contribution is 2.30. The molecule has 3 fully saturated rings. The van der Waals surface area contributed by atoms with Gasteiger partial charge >= 0.3 is 12.1 Å². The van der Waals surface area contributed by atoms with Gasteiger partial charge in [0.25, 0.3) is 5.91 Å². The Morgan fingerprint density at radius 1 is 1.12 bits per heavy atom. The second-order valence-electron chi connectivity index (χ2n) is 9.66. The molecule has 3 aliphatic rings. The van der Waals surface area contributed by atoms with Gasteiger partial charge in [0.1, 0.15) is 18.2 Å². The maximum atomic E-state index is 12.8. The molecule has 3 aliphatic heterocycles. The van der Waals surface area contributed by atoms with Gasteiger partial charge in [0, 0.05) is 13.1 Å². The quantitative estimate of drug-likeness (QED) is 0.628. The number of nitrogens with zero attached hydrogens (tertiary/aromatic N) is 3. The molecule has 0 saturated carbocycles. The number of piperidine rings is 1. The van der Waals surface area contributed by atoms with Crippen LogP contribution in [0.3, 0.4) is 0 Å². The van der Waals surface area contributed by atoms with Gasteiger partial charge in [-0.1, -0.05) is 30.3 Å². The fourth-order valence-electron chi connectivity index (χ4n) is 4.24. The number of nitrogens with one attached hydrogen (secondary N) is 1. The van der Waals surface area contributed by atoms with E-state index in [9.17, 15) is 14.4 Å². The van der Waals surface area contributed by atoms with Crippen molar-refractivity contribution >= 4 is 18.0 Å². The number of amides is 4. The zero-order chi connectivity index (χ0) is 23.6. The number of carbonyl (C=O) groups excluding carboxylic acids is 3. The van der Waals surface area contributed by atoms with E-state index in [-0.39, 0.29) is 36.7 Å². The standard InChI is InChI=1S/C23H32N4O6/c1-23(2,3)33-22(30)25-12-11-18(25)15-31-24-20(28)19-10-9-17-13-26(19)21(29)27(17)32-14-16-7-5-4-6-8-16/h4-8,17-19H,9-15H2,1-3H3,(H,24,28)/t17?,18-,19?/m0/s1. The van der Waals surface area contributed by atoms with Crippen LogP contribution in [0.4, 0.5) is 9.59 Å². The molecule has 2 bridgehead atoms. The third-order valence-electron chi connectivity index (χ3n) is 6.06. The number of carbonyl (C=O) groups is 3. The third kappa shape index (κ3) is 5.39. The van der Waals surface area contributed by atoms with E-state index in [1.165, 1.54) is 9.96 Å². The van der Waals surface area contributed by atoms with Crippen LogP contribution in [0, 0.1) is 0 Å². The minimum absolute atomic E-state index is 0.0662. The van der Waals surface area contributed by atoms with E-state index in [1.54, 1.807) is 4.90 Å². The van der Waals surface area contributed by atoms with Crippen LogP contribution in [-0.4, -0.2) is 76.3 Å². The first-order valence-electron chi connectivity index (χ1n) is 11.4. The van der Waals surface area contributed by atoms with E-state index in [2.05, 4.69) is 5.48 Å². The molecule has 0 radical (unpaired) electrons. The van der Waals surface area contributed by atoms with Crippen LogP contribution < -0.4 is 5.48 Å². The zero-order valence-corrected chi connectivity index (χ0v) is 19.4. The molecule has 1 aromatic rings. The summed E-state index contributed by atoms with van der Waals surface area (Å²) in [5.74, 6) is -0.366. The number of hydroxylamine groups is 3. The molecule has 1 aromatic carbocycles. The molecule has 33 heavy (non-hydrogen) atoms. The van der Waals surface area contributed by atoms with Gasteiger partial charge in [0.05, 0.1) is 18.7 Å². The van der Waals surface area contributed by atoms with Crippen LogP contribution >= 0.6 is 0 Å². The molecule has 0 aliphatic carbocycles. The molecular formula is C23H32N4O6. The monoisotopic (exact) mass is 460 g/mol. The summed E-state index contributed by atoms with van der Waals surface area (Å²) < 4.78 is 5.38. The molecule has 4 amide bonds. The van der Waals surface area contributed by atoms with Crippen LogP contribution in [0.5, 0.6) is 0 Å². The normalized spacial score (nSPS) is 24.5. The first-order chi connectivity index (χ1) is 15.7. The van der Waals surface area contributed by atoms with E-state index in [0.29, 0.717) is 32.5 Å². The minimum Gasteiger partial charge on any atom is -0.444 e. The van der Waals surface area contributed by atoms with E-state index in [4.69, 9.17) is 14.4 Å². The van der Waals surface area contributed by atoms with Gasteiger partial charge < -0.3 is 14.5 Å². The summed E-state index contributed by atoms with van der Waals surface area (Å²) in [6.45, 7) is 6.96. The molecule has 10 nitrogen and oxygen atoms in total. The molecule has 0 aromatic heterocycles. The lowest BCUT2D eigenvalue weighted by Gasteiger charge is -2.41. The van der Waals surface area contributed by atoms with E-state index >= 15 is 0 Å². The number of likely N-dealkylation sites (tertiary alicyclic amines) is 1. The lowest BCUT2D eigenvalue weighted by molar-refractivity contribution is -0.142. The average Bonchev–Trinajstić information content (AvgIpc) is 2.97. The van der Waals surface area contributed by atoms with Crippen molar-refractivity contribution in [2.24, 2.45) is 0 Å². The molecule has 3 saturated heterocycles. The van der Waals surface area contributed by atoms with E-state index in [1.807, 2.05) is 51.1 Å². The Kier molecular flexibility index (Phi) is 6.76. The molecule has 3 heterocycles. The van der Waals surface area contributed by atoms with Crippen molar-refractivity contribution in [1.29, 1.82) is 0 Å². The lowest BCUT2D eigenvalue weighted by Crippen LogP contribution is -2.56. The third-order valence-corrected chi connectivity index (χ3v) is 6.06. The van der Waals surface area contributed by atoms with Gasteiger partial charge in [-0.05, 0) is 45.6 Å². The second-order valence-corrected chi connectivity index (χ2v) is 9.66. The Hall–Kier alpha value is -2.85. The topological polar surface area (TPSA) is 101 Å². The van der Waals surface area contributed by atoms with Crippen molar-refractivity contribution in [2.75, 3.05) is 19.7 Å². The van der Waals surface area contributed by atoms with E-state index in [0.717, 1.165) is 12.0 Å². The van der Waals surface area contributed by atoms with Crippen molar-refractivity contribution in [3.05, 3.63) is 35.9 Å². The van der Waals surface area contributed by atoms with E-state index < -0.39 is 11.6 Å². The Bertz CT molecular complexity index is 873. The van der Waals surface area contributed by atoms with Crippen molar-refractivity contribution < 1.29 is 28.8 Å². The highest BCUT2D eigenvalue weighted by Gasteiger charge is 2.48. The fourth-order valence-corrected chi connectivity index (χ4v) is 4.24. The highest BCUT2D eigenvalue weighted by atomic mass is 16.7. The van der Waals surface area contributed by atoms with Gasteiger partial charge in [-0.3, -0.25) is 14.5 Å². The van der Waals surface area contributed by atoms with Crippen LogP contribution in [0.15, 0.2) is 30.3 Å². The summed E-state index contributed by atoms with van der Waals surface area (Å²) in [6.07, 6.45) is 1.60. The molecule has 0 spiro atoms. The number of rotatable bonds is 7. The molecule has 180 valence electrons. The summed E-state index contributed by atoms with van der Waals surface area (Å²) in [7, 11) is 0. The summed E-state index contributed by atoms with van der Waals surface area (Å²) >= 11 is 0. The maximum absolute atomic E-state index is 12.8. The number of urea groups is 1. The number of fused-ring (bicyclic) bond motifs is 2. The number of benzene rings is 1. The van der Waals surface area contributed by atoms with Crippen molar-refractivity contribution in [1.82, 2.24) is 20.3 Å². The first-order valence-corrected chi connectivity index (χ1v) is 11.4. The summed E-state index contributed by atoms with van der Waals surface area (Å²) in [5.41, 5.74) is 2.87. The van der Waals surface area contributed by atoms with Crippen LogP contribution in [-0.2, 0) is 25.8 Å². The molecule has 3 atom stereocenters. The number of hydrogen-bond acceptors (Lipinski definition) is 6. The molecule has 2 unspecified atom stereocenters. The van der Waals surface area contributed by atoms with Gasteiger partial charge in [0.2, 0.25) is 0 Å². The Labute approximate surface area is 193 Å². The SMILES string of the molecule is CC(C)(C)OC(=O)N1CC[C@H]1CONC(=O)C1CCC2CN1C(=O)N2OCc1ccccc1. The fraction of sp³-hybridized carbons (Fsp3) is 0.609. The highest BCUT2D eigenvalue weighted by molar-refractivity contribution is 5.88. The molecular weight excluding hydrogens is 428 g/mol. The van der Waals surface area contributed by atoms with Crippen LogP contribution in [0.1, 0.15) is 45.6 Å². The Balaban J connectivity index is 1.23. The van der Waals surface area contributed by atoms with Crippen molar-refractivity contribution in [3.63, 3.8) is 0 Å². The summed E-state index contributed by atoms with van der Waals surface area (Å²) in [6, 6.07) is 8.51. The average molecular weight is 461 g/mol. The first kappa shape index (κ1) is 23.3. The zero-order valence-electron chi connectivity index (χ0n) is 19.4. The number of hydrogen-bond donors (Lipinski definition) is 1. The van der Waals surface area contributed by atoms with Gasteiger partial charge in [-0.25, -0.2) is 15.1 Å². The maximum Gasteiger partial charge on any atom is 0.410 e. The summed E-state index contributed by atoms with van der Waals surface area (Å²) in [5, 5.41) is 1.40. The van der Waals surface area contributed by atoms with Gasteiger partial charge in [-0.2, -0.15) is 5.06 Å². The van der Waals surface area contributed by atoms with Crippen molar-refractivity contribution in [2.45, 2.75) is 70.4 Å². The predicted octanol–water partition coefficient (Wildman–Crippen LogP) is 2.44. The Morgan fingerprint density at radius 2 is 1.88 bits per heavy atom. The minimum atomic E-state index is -0.609. The van der Waals surface area contributed by atoms with Gasteiger partial charge in [-0.15, -0.1) is 0 Å². The van der Waals surface area contributed by atoms with Crippen molar-refractivity contribution in [3.8, 4) is 0 Å². The predicted molar refractivity (Wildman–Crippen MR) is 117 cm³/mol. The summed E-state index contributed by atoms with van der Waals surface area (Å²) in [4.78, 5) is 52.1. The molecule has 1 N–H and O–H groups in total.